The molecule has 0 aromatic heterocycles. The fourth-order valence-corrected chi connectivity index (χ4v) is 2.17. The van der Waals surface area contributed by atoms with Gasteiger partial charge in [0.25, 0.3) is 5.91 Å². The normalized spacial score (nSPS) is 13.3. The third-order valence-electron chi connectivity index (χ3n) is 3.40. The van der Waals surface area contributed by atoms with Gasteiger partial charge in [0, 0.05) is 19.2 Å². The van der Waals surface area contributed by atoms with Crippen molar-refractivity contribution in [1.82, 2.24) is 10.6 Å². The van der Waals surface area contributed by atoms with Crippen molar-refractivity contribution < 1.29 is 9.59 Å². The monoisotopic (exact) mass is 291 g/mol. The minimum atomic E-state index is -0.821. The molecule has 0 aliphatic rings. The first-order valence-corrected chi connectivity index (χ1v) is 7.29. The predicted octanol–water partition coefficient (Wildman–Crippen LogP) is 1.22. The number of nitrogens with one attached hydrogen (secondary N) is 2. The Morgan fingerprint density at radius 3 is 2.67 bits per heavy atom. The molecule has 1 atom stereocenters. The van der Waals surface area contributed by atoms with Crippen molar-refractivity contribution in [3.05, 3.63) is 35.4 Å². The molecule has 1 aromatic carbocycles. The smallest absolute Gasteiger partial charge is 0.251 e. The van der Waals surface area contributed by atoms with Crippen LogP contribution >= 0.6 is 0 Å². The molecular formula is C16H25N3O2. The SMILES string of the molecule is CCCC(C)(N)C(=O)NCCc1cccc(C(=O)NC)c1. The minimum absolute atomic E-state index is 0.113. The third kappa shape index (κ3) is 5.19. The van der Waals surface area contributed by atoms with Crippen LogP contribution in [-0.2, 0) is 11.2 Å². The van der Waals surface area contributed by atoms with Crippen molar-refractivity contribution in [1.29, 1.82) is 0 Å². The summed E-state index contributed by atoms with van der Waals surface area (Å²) in [5, 5.41) is 5.45. The lowest BCUT2D eigenvalue weighted by Crippen LogP contribution is -2.51. The van der Waals surface area contributed by atoms with Gasteiger partial charge < -0.3 is 16.4 Å². The standard InChI is InChI=1S/C16H25N3O2/c1-4-9-16(2,17)15(21)19-10-8-12-6-5-7-13(11-12)14(20)18-3/h5-7,11H,4,8-10,17H2,1-3H3,(H,18,20)(H,19,21). The Kier molecular flexibility index (Phi) is 6.37. The molecule has 0 aliphatic carbocycles. The lowest BCUT2D eigenvalue weighted by Gasteiger charge is -2.22. The van der Waals surface area contributed by atoms with Gasteiger partial charge in [0.1, 0.15) is 0 Å². The van der Waals surface area contributed by atoms with Crippen LogP contribution in [0.3, 0.4) is 0 Å². The molecule has 5 heteroatoms. The molecule has 0 fully saturated rings. The van der Waals surface area contributed by atoms with Crippen molar-refractivity contribution in [3.8, 4) is 0 Å². The maximum absolute atomic E-state index is 12.0. The van der Waals surface area contributed by atoms with Crippen LogP contribution in [0.25, 0.3) is 0 Å². The summed E-state index contributed by atoms with van der Waals surface area (Å²) in [6, 6.07) is 7.37. The summed E-state index contributed by atoms with van der Waals surface area (Å²) in [5.41, 5.74) is 6.77. The second kappa shape index (κ2) is 7.78. The Hall–Kier alpha value is -1.88. The molecule has 1 unspecified atom stereocenters. The summed E-state index contributed by atoms with van der Waals surface area (Å²) in [6.45, 7) is 4.26. The van der Waals surface area contributed by atoms with Gasteiger partial charge in [0.2, 0.25) is 5.91 Å². The van der Waals surface area contributed by atoms with Gasteiger partial charge in [0.05, 0.1) is 5.54 Å². The molecule has 5 nitrogen and oxygen atoms in total. The maximum atomic E-state index is 12.0. The van der Waals surface area contributed by atoms with Crippen LogP contribution in [0.15, 0.2) is 24.3 Å². The first-order valence-electron chi connectivity index (χ1n) is 7.29. The number of carbonyl (C=O) groups excluding carboxylic acids is 2. The van der Waals surface area contributed by atoms with E-state index in [4.69, 9.17) is 5.73 Å². The zero-order valence-electron chi connectivity index (χ0n) is 13.0. The number of rotatable bonds is 7. The van der Waals surface area contributed by atoms with E-state index in [9.17, 15) is 9.59 Å². The van der Waals surface area contributed by atoms with Gasteiger partial charge in [-0.2, -0.15) is 0 Å². The maximum Gasteiger partial charge on any atom is 0.251 e. The van der Waals surface area contributed by atoms with Gasteiger partial charge in [-0.3, -0.25) is 9.59 Å². The van der Waals surface area contributed by atoms with Crippen LogP contribution in [0.5, 0.6) is 0 Å². The first kappa shape index (κ1) is 17.2. The summed E-state index contributed by atoms with van der Waals surface area (Å²) < 4.78 is 0. The molecule has 0 heterocycles. The molecule has 21 heavy (non-hydrogen) atoms. The van der Waals surface area contributed by atoms with Crippen LogP contribution < -0.4 is 16.4 Å². The van der Waals surface area contributed by atoms with E-state index in [2.05, 4.69) is 10.6 Å². The van der Waals surface area contributed by atoms with Gasteiger partial charge >= 0.3 is 0 Å². The number of carbonyl (C=O) groups is 2. The third-order valence-corrected chi connectivity index (χ3v) is 3.40. The van der Waals surface area contributed by atoms with Crippen molar-refractivity contribution in [2.24, 2.45) is 5.73 Å². The molecule has 0 bridgehead atoms. The summed E-state index contributed by atoms with van der Waals surface area (Å²) in [6.07, 6.45) is 2.19. The first-order chi connectivity index (χ1) is 9.90. The Labute approximate surface area is 126 Å². The highest BCUT2D eigenvalue weighted by Gasteiger charge is 2.26. The summed E-state index contributed by atoms with van der Waals surface area (Å²) in [5.74, 6) is -0.245. The molecule has 0 spiro atoms. The summed E-state index contributed by atoms with van der Waals surface area (Å²) in [7, 11) is 1.60. The fraction of sp³-hybridized carbons (Fsp3) is 0.500. The van der Waals surface area contributed by atoms with Crippen LogP contribution in [0.4, 0.5) is 0 Å². The Balaban J connectivity index is 2.53. The molecule has 4 N–H and O–H groups in total. The number of nitrogens with two attached hydrogens (primary N) is 1. The van der Waals surface area contributed by atoms with E-state index in [-0.39, 0.29) is 11.8 Å². The van der Waals surface area contributed by atoms with Crippen LogP contribution in [0, 0.1) is 0 Å². The Morgan fingerprint density at radius 1 is 1.33 bits per heavy atom. The van der Waals surface area contributed by atoms with Crippen molar-refractivity contribution >= 4 is 11.8 Å². The quantitative estimate of drug-likeness (QED) is 0.706. The van der Waals surface area contributed by atoms with Gasteiger partial charge in [0.15, 0.2) is 0 Å². The van der Waals surface area contributed by atoms with E-state index in [0.717, 1.165) is 12.0 Å². The highest BCUT2D eigenvalue weighted by Crippen LogP contribution is 2.09. The van der Waals surface area contributed by atoms with Gasteiger partial charge in [-0.05, 0) is 37.5 Å². The van der Waals surface area contributed by atoms with E-state index in [1.165, 1.54) is 0 Å². The molecular weight excluding hydrogens is 266 g/mol. The zero-order valence-corrected chi connectivity index (χ0v) is 13.0. The van der Waals surface area contributed by atoms with Gasteiger partial charge in [-0.25, -0.2) is 0 Å². The Morgan fingerprint density at radius 2 is 2.05 bits per heavy atom. The highest BCUT2D eigenvalue weighted by atomic mass is 16.2. The van der Waals surface area contributed by atoms with Gasteiger partial charge in [-0.1, -0.05) is 25.5 Å². The van der Waals surface area contributed by atoms with Gasteiger partial charge in [-0.15, -0.1) is 0 Å². The van der Waals surface area contributed by atoms with Crippen LogP contribution in [-0.4, -0.2) is 30.9 Å². The van der Waals surface area contributed by atoms with E-state index < -0.39 is 5.54 Å². The second-order valence-corrected chi connectivity index (χ2v) is 5.45. The van der Waals surface area contributed by atoms with E-state index >= 15 is 0 Å². The second-order valence-electron chi connectivity index (χ2n) is 5.45. The van der Waals surface area contributed by atoms with E-state index in [1.54, 1.807) is 20.0 Å². The highest BCUT2D eigenvalue weighted by molar-refractivity contribution is 5.94. The zero-order chi connectivity index (χ0) is 15.9. The molecule has 1 aromatic rings. The predicted molar refractivity (Wildman–Crippen MR) is 84.0 cm³/mol. The number of benzene rings is 1. The van der Waals surface area contributed by atoms with Crippen LogP contribution in [0.2, 0.25) is 0 Å². The molecule has 116 valence electrons. The number of hydrogen-bond acceptors (Lipinski definition) is 3. The van der Waals surface area contributed by atoms with Crippen molar-refractivity contribution in [2.45, 2.75) is 38.6 Å². The molecule has 0 saturated carbocycles. The molecule has 2 amide bonds. The topological polar surface area (TPSA) is 84.2 Å². The molecule has 1 rings (SSSR count). The van der Waals surface area contributed by atoms with E-state index in [1.807, 2.05) is 25.1 Å². The lowest BCUT2D eigenvalue weighted by molar-refractivity contribution is -0.126. The van der Waals surface area contributed by atoms with Crippen molar-refractivity contribution in [2.75, 3.05) is 13.6 Å². The van der Waals surface area contributed by atoms with Crippen molar-refractivity contribution in [3.63, 3.8) is 0 Å². The average Bonchev–Trinajstić information content (AvgIpc) is 2.46. The van der Waals surface area contributed by atoms with E-state index in [0.29, 0.717) is 24.9 Å². The fourth-order valence-electron chi connectivity index (χ4n) is 2.17. The number of hydrogen-bond donors (Lipinski definition) is 3. The molecule has 0 aliphatic heterocycles. The molecule has 0 saturated heterocycles. The average molecular weight is 291 g/mol. The Bertz CT molecular complexity index is 498. The largest absolute Gasteiger partial charge is 0.355 e. The lowest BCUT2D eigenvalue weighted by atomic mass is 9.96. The summed E-state index contributed by atoms with van der Waals surface area (Å²) >= 11 is 0. The molecule has 0 radical (unpaired) electrons. The minimum Gasteiger partial charge on any atom is -0.355 e. The van der Waals surface area contributed by atoms with Crippen LogP contribution in [0.1, 0.15) is 42.6 Å². The number of amides is 2. The summed E-state index contributed by atoms with van der Waals surface area (Å²) in [4.78, 5) is 23.5.